The second-order valence-corrected chi connectivity index (χ2v) is 5.05. The molecule has 0 bridgehead atoms. The molecular weight excluding hydrogens is 294 g/mol. The Hall–Kier alpha value is -1.98. The molecule has 0 radical (unpaired) electrons. The van der Waals surface area contributed by atoms with Crippen LogP contribution >= 0.6 is 23.8 Å². The van der Waals surface area contributed by atoms with Crippen LogP contribution in [-0.2, 0) is 0 Å². The lowest BCUT2D eigenvalue weighted by molar-refractivity contribution is 0.102. The monoisotopic (exact) mass is 305 g/mol. The van der Waals surface area contributed by atoms with Crippen LogP contribution in [0, 0.1) is 6.92 Å². The van der Waals surface area contributed by atoms with E-state index in [9.17, 15) is 4.79 Å². The molecule has 0 fully saturated rings. The van der Waals surface area contributed by atoms with Crippen molar-refractivity contribution >= 4 is 40.4 Å². The number of benzene rings is 1. The fraction of sp³-hybridized carbons (Fsp3) is 0.0714. The Morgan fingerprint density at radius 2 is 2.10 bits per heavy atom. The number of pyridine rings is 1. The van der Waals surface area contributed by atoms with Crippen LogP contribution in [0.5, 0.6) is 0 Å². The van der Waals surface area contributed by atoms with Crippen LogP contribution in [0.4, 0.5) is 5.69 Å². The number of carbonyl (C=O) groups excluding carboxylic acids is 1. The highest BCUT2D eigenvalue weighted by Crippen LogP contribution is 2.20. The number of aryl methyl sites for hydroxylation is 1. The smallest absolute Gasteiger partial charge is 0.274 e. The Morgan fingerprint density at radius 1 is 1.35 bits per heavy atom. The highest BCUT2D eigenvalue weighted by Gasteiger charge is 2.13. The lowest BCUT2D eigenvalue weighted by Crippen LogP contribution is -2.19. The van der Waals surface area contributed by atoms with Crippen LogP contribution < -0.4 is 11.1 Å². The molecule has 102 valence electrons. The molecule has 0 spiro atoms. The van der Waals surface area contributed by atoms with E-state index in [1.807, 2.05) is 19.1 Å². The van der Waals surface area contributed by atoms with Gasteiger partial charge in [0, 0.05) is 11.8 Å². The average molecular weight is 306 g/mol. The van der Waals surface area contributed by atoms with E-state index in [0.717, 1.165) is 5.56 Å². The van der Waals surface area contributed by atoms with E-state index in [2.05, 4.69) is 10.3 Å². The van der Waals surface area contributed by atoms with E-state index in [1.165, 1.54) is 6.20 Å². The number of amides is 1. The largest absolute Gasteiger partial charge is 0.389 e. The predicted molar refractivity (Wildman–Crippen MR) is 84.3 cm³/mol. The Balaban J connectivity index is 2.30. The van der Waals surface area contributed by atoms with Crippen molar-refractivity contribution in [3.63, 3.8) is 0 Å². The van der Waals surface area contributed by atoms with Crippen LogP contribution in [0.1, 0.15) is 21.6 Å². The molecule has 1 aromatic heterocycles. The van der Waals surface area contributed by atoms with Gasteiger partial charge in [0.1, 0.15) is 10.7 Å². The summed E-state index contributed by atoms with van der Waals surface area (Å²) in [4.78, 5) is 16.3. The van der Waals surface area contributed by atoms with Gasteiger partial charge in [0.05, 0.1) is 10.7 Å². The first-order valence-corrected chi connectivity index (χ1v) is 6.60. The number of anilines is 1. The quantitative estimate of drug-likeness (QED) is 0.856. The minimum absolute atomic E-state index is 0.238. The normalized spacial score (nSPS) is 10.1. The minimum atomic E-state index is -0.343. The van der Waals surface area contributed by atoms with Crippen molar-refractivity contribution in [3.8, 4) is 0 Å². The third kappa shape index (κ3) is 3.12. The number of nitrogens with one attached hydrogen (secondary N) is 1. The number of halogens is 1. The average Bonchev–Trinajstić information content (AvgIpc) is 2.39. The molecule has 0 unspecified atom stereocenters. The zero-order valence-corrected chi connectivity index (χ0v) is 12.3. The lowest BCUT2D eigenvalue weighted by Gasteiger charge is -2.12. The van der Waals surface area contributed by atoms with E-state index >= 15 is 0 Å². The summed E-state index contributed by atoms with van der Waals surface area (Å²) in [7, 11) is 0. The third-order valence-corrected chi connectivity index (χ3v) is 3.16. The van der Waals surface area contributed by atoms with Crippen LogP contribution in [0.3, 0.4) is 0 Å². The number of aromatic nitrogens is 1. The zero-order chi connectivity index (χ0) is 14.7. The summed E-state index contributed by atoms with van der Waals surface area (Å²) in [5.41, 5.74) is 8.09. The Bertz CT molecular complexity index is 671. The highest BCUT2D eigenvalue weighted by molar-refractivity contribution is 7.80. The molecular formula is C14H12ClN3OS. The van der Waals surface area contributed by atoms with Gasteiger partial charge in [-0.15, -0.1) is 0 Å². The molecule has 1 heterocycles. The summed E-state index contributed by atoms with van der Waals surface area (Å²) in [6.07, 6.45) is 1.42. The summed E-state index contributed by atoms with van der Waals surface area (Å²) in [5, 5.41) is 3.23. The maximum Gasteiger partial charge on any atom is 0.274 e. The predicted octanol–water partition coefficient (Wildman–Crippen LogP) is 2.93. The molecule has 1 amide bonds. The van der Waals surface area contributed by atoms with Crippen LogP contribution in [0.15, 0.2) is 36.5 Å². The molecule has 0 saturated heterocycles. The third-order valence-electron chi connectivity index (χ3n) is 2.73. The molecule has 2 rings (SSSR count). The fourth-order valence-corrected chi connectivity index (χ4v) is 2.18. The molecule has 0 aliphatic carbocycles. The summed E-state index contributed by atoms with van der Waals surface area (Å²) >= 11 is 10.8. The van der Waals surface area contributed by atoms with E-state index in [1.54, 1.807) is 18.2 Å². The van der Waals surface area contributed by atoms with Crippen molar-refractivity contribution in [1.29, 1.82) is 0 Å². The first-order chi connectivity index (χ1) is 9.49. The van der Waals surface area contributed by atoms with E-state index in [0.29, 0.717) is 16.3 Å². The van der Waals surface area contributed by atoms with Gasteiger partial charge in [0.15, 0.2) is 0 Å². The molecule has 0 saturated carbocycles. The van der Waals surface area contributed by atoms with Gasteiger partial charge in [0.25, 0.3) is 5.91 Å². The lowest BCUT2D eigenvalue weighted by atomic mass is 10.1. The number of thiocarbonyl (C=S) groups is 1. The summed E-state index contributed by atoms with van der Waals surface area (Å²) in [6.45, 7) is 1.88. The molecule has 4 nitrogen and oxygen atoms in total. The van der Waals surface area contributed by atoms with Crippen molar-refractivity contribution in [2.45, 2.75) is 6.92 Å². The SMILES string of the molecule is Cc1cccc(NC(=O)c2ccc(Cl)cn2)c1C(N)=S. The molecule has 3 N–H and O–H groups in total. The Kier molecular flexibility index (Phi) is 4.32. The Morgan fingerprint density at radius 3 is 2.70 bits per heavy atom. The van der Waals surface area contributed by atoms with Crippen LogP contribution in [-0.4, -0.2) is 15.9 Å². The van der Waals surface area contributed by atoms with Crippen molar-refractivity contribution in [2.24, 2.45) is 5.73 Å². The maximum absolute atomic E-state index is 12.1. The number of rotatable bonds is 3. The first-order valence-electron chi connectivity index (χ1n) is 5.81. The number of carbonyl (C=O) groups is 1. The van der Waals surface area contributed by atoms with Gasteiger partial charge in [-0.1, -0.05) is 36.0 Å². The van der Waals surface area contributed by atoms with Gasteiger partial charge in [0.2, 0.25) is 0 Å². The summed E-state index contributed by atoms with van der Waals surface area (Å²) < 4.78 is 0. The van der Waals surface area contributed by atoms with Crippen molar-refractivity contribution in [1.82, 2.24) is 4.98 Å². The van der Waals surface area contributed by atoms with Crippen molar-refractivity contribution < 1.29 is 4.79 Å². The van der Waals surface area contributed by atoms with Crippen molar-refractivity contribution in [2.75, 3.05) is 5.32 Å². The van der Waals surface area contributed by atoms with Gasteiger partial charge >= 0.3 is 0 Å². The van der Waals surface area contributed by atoms with E-state index < -0.39 is 0 Å². The number of nitrogens with zero attached hydrogens (tertiary/aromatic N) is 1. The van der Waals surface area contributed by atoms with Gasteiger partial charge in [-0.25, -0.2) is 4.98 Å². The fourth-order valence-electron chi connectivity index (χ4n) is 1.80. The highest BCUT2D eigenvalue weighted by atomic mass is 35.5. The minimum Gasteiger partial charge on any atom is -0.389 e. The second-order valence-electron chi connectivity index (χ2n) is 4.18. The van der Waals surface area contributed by atoms with Gasteiger partial charge in [-0.05, 0) is 30.7 Å². The second kappa shape index (κ2) is 5.98. The number of hydrogen-bond acceptors (Lipinski definition) is 3. The maximum atomic E-state index is 12.1. The van der Waals surface area contributed by atoms with Gasteiger partial charge in [-0.3, -0.25) is 4.79 Å². The summed E-state index contributed by atoms with van der Waals surface area (Å²) in [5.74, 6) is -0.343. The number of hydrogen-bond donors (Lipinski definition) is 2. The molecule has 2 aromatic rings. The van der Waals surface area contributed by atoms with E-state index in [4.69, 9.17) is 29.6 Å². The van der Waals surface area contributed by atoms with E-state index in [-0.39, 0.29) is 16.6 Å². The van der Waals surface area contributed by atoms with Crippen molar-refractivity contribution in [3.05, 3.63) is 58.4 Å². The van der Waals surface area contributed by atoms with Crippen LogP contribution in [0.25, 0.3) is 0 Å². The van der Waals surface area contributed by atoms with Crippen LogP contribution in [0.2, 0.25) is 5.02 Å². The topological polar surface area (TPSA) is 68.0 Å². The molecule has 0 atom stereocenters. The Labute approximate surface area is 127 Å². The first kappa shape index (κ1) is 14.4. The zero-order valence-electron chi connectivity index (χ0n) is 10.7. The van der Waals surface area contributed by atoms with Gasteiger partial charge in [-0.2, -0.15) is 0 Å². The number of nitrogens with two attached hydrogens (primary N) is 1. The molecule has 0 aliphatic heterocycles. The van der Waals surface area contributed by atoms with Gasteiger partial charge < -0.3 is 11.1 Å². The molecule has 20 heavy (non-hydrogen) atoms. The molecule has 1 aromatic carbocycles. The standard InChI is InChI=1S/C14H12ClN3OS/c1-8-3-2-4-10(12(8)13(16)20)18-14(19)11-6-5-9(15)7-17-11/h2-7H,1H3,(H2,16,20)(H,18,19). The molecule has 6 heteroatoms. The summed E-state index contributed by atoms with van der Waals surface area (Å²) in [6, 6.07) is 8.60. The molecule has 0 aliphatic rings.